The molecule has 1 rings (SSSR count). The molecule has 0 spiro atoms. The molecule has 0 aliphatic heterocycles. The van der Waals surface area contributed by atoms with Crippen LogP contribution in [0.3, 0.4) is 0 Å². The minimum absolute atomic E-state index is 0.0497. The zero-order valence-corrected chi connectivity index (χ0v) is 12.0. The molecule has 20 heavy (non-hydrogen) atoms. The van der Waals surface area contributed by atoms with E-state index in [9.17, 15) is 9.59 Å². The van der Waals surface area contributed by atoms with Gasteiger partial charge in [-0.3, -0.25) is 24.6 Å². The zero-order valence-electron chi connectivity index (χ0n) is 12.0. The molecule has 0 saturated carbocycles. The van der Waals surface area contributed by atoms with Crippen LogP contribution in [0.15, 0.2) is 6.20 Å². The topological polar surface area (TPSA) is 109 Å². The number of nitrogens with two attached hydrogens (primary N) is 1. The predicted molar refractivity (Wildman–Crippen MR) is 72.5 cm³/mol. The van der Waals surface area contributed by atoms with E-state index in [1.54, 1.807) is 23.7 Å². The summed E-state index contributed by atoms with van der Waals surface area (Å²) in [7, 11) is 3.45. The highest BCUT2D eigenvalue weighted by Crippen LogP contribution is 1.96. The molecule has 0 radical (unpaired) electrons. The molecule has 112 valence electrons. The summed E-state index contributed by atoms with van der Waals surface area (Å²) in [4.78, 5) is 26.4. The molecule has 0 unspecified atom stereocenters. The molecule has 2 amide bonds. The summed E-state index contributed by atoms with van der Waals surface area (Å²) < 4.78 is 1.55. The Labute approximate surface area is 117 Å². The van der Waals surface area contributed by atoms with E-state index in [0.717, 1.165) is 6.54 Å². The molecule has 1 heterocycles. The van der Waals surface area contributed by atoms with Gasteiger partial charge in [-0.05, 0) is 6.54 Å². The fourth-order valence-corrected chi connectivity index (χ4v) is 1.51. The van der Waals surface area contributed by atoms with Gasteiger partial charge >= 0.3 is 0 Å². The number of nitrogen functional groups attached to an aromatic ring is 1. The lowest BCUT2D eigenvalue weighted by molar-refractivity contribution is -0.129. The normalized spacial score (nSPS) is 10.7. The summed E-state index contributed by atoms with van der Waals surface area (Å²) in [6.07, 6.45) is 1.52. The Balaban J connectivity index is 2.50. The number of carbonyl (C=O) groups is 2. The van der Waals surface area contributed by atoms with Crippen LogP contribution >= 0.6 is 0 Å². The summed E-state index contributed by atoms with van der Waals surface area (Å²) >= 11 is 0. The average Bonchev–Trinajstić information content (AvgIpc) is 2.90. The molecule has 0 aromatic carbocycles. The molecule has 0 aliphatic carbocycles. The van der Waals surface area contributed by atoms with Crippen molar-refractivity contribution in [2.45, 2.75) is 13.5 Å². The van der Waals surface area contributed by atoms with Crippen molar-refractivity contribution < 1.29 is 9.59 Å². The number of aromatic nitrogens is 3. The Kier molecular flexibility index (Phi) is 6.07. The van der Waals surface area contributed by atoms with Crippen LogP contribution in [0.25, 0.3) is 0 Å². The molecule has 9 nitrogen and oxygen atoms in total. The van der Waals surface area contributed by atoms with Crippen molar-refractivity contribution in [3.8, 4) is 0 Å². The highest BCUT2D eigenvalue weighted by Gasteiger charge is 2.12. The summed E-state index contributed by atoms with van der Waals surface area (Å²) in [5.41, 5.74) is 2.16. The van der Waals surface area contributed by atoms with E-state index in [1.165, 1.54) is 6.20 Å². The van der Waals surface area contributed by atoms with E-state index in [-0.39, 0.29) is 11.6 Å². The second kappa shape index (κ2) is 7.56. The number of amides is 2. The Morgan fingerprint density at radius 2 is 2.15 bits per heavy atom. The highest BCUT2D eigenvalue weighted by molar-refractivity contribution is 5.91. The predicted octanol–water partition coefficient (Wildman–Crippen LogP) is -1.71. The van der Waals surface area contributed by atoms with Crippen molar-refractivity contribution >= 4 is 11.8 Å². The van der Waals surface area contributed by atoms with Crippen LogP contribution in [0.4, 0.5) is 0 Å². The Hall–Kier alpha value is -2.00. The van der Waals surface area contributed by atoms with E-state index in [0.29, 0.717) is 19.6 Å². The van der Waals surface area contributed by atoms with Crippen molar-refractivity contribution in [3.63, 3.8) is 0 Å². The molecular formula is C11H21N7O2. The largest absolute Gasteiger partial charge is 0.348 e. The van der Waals surface area contributed by atoms with Gasteiger partial charge in [0.1, 0.15) is 0 Å². The molecule has 3 N–H and O–H groups in total. The van der Waals surface area contributed by atoms with Gasteiger partial charge in [0.15, 0.2) is 5.69 Å². The number of nitrogens with zero attached hydrogens (tertiary/aromatic N) is 5. The van der Waals surface area contributed by atoms with Crippen LogP contribution in [0.5, 0.6) is 0 Å². The molecule has 0 bridgehead atoms. The van der Waals surface area contributed by atoms with Crippen molar-refractivity contribution in [3.05, 3.63) is 11.9 Å². The monoisotopic (exact) mass is 283 g/mol. The second-order valence-electron chi connectivity index (χ2n) is 4.50. The third-order valence-electron chi connectivity index (χ3n) is 2.85. The van der Waals surface area contributed by atoms with Gasteiger partial charge < -0.3 is 4.90 Å². The fourth-order valence-electron chi connectivity index (χ4n) is 1.51. The Bertz CT molecular complexity index is 457. The smallest absolute Gasteiger partial charge is 0.287 e. The lowest BCUT2D eigenvalue weighted by atomic mass is 10.4. The van der Waals surface area contributed by atoms with Gasteiger partial charge in [0.25, 0.3) is 5.91 Å². The molecule has 0 atom stereocenters. The molecule has 0 aliphatic rings. The van der Waals surface area contributed by atoms with Gasteiger partial charge in [-0.1, -0.05) is 12.1 Å². The van der Waals surface area contributed by atoms with Crippen LogP contribution in [0.2, 0.25) is 0 Å². The number of nitrogens with one attached hydrogen (secondary N) is 1. The molecule has 1 aromatic heterocycles. The average molecular weight is 283 g/mol. The van der Waals surface area contributed by atoms with Gasteiger partial charge in [0, 0.05) is 20.6 Å². The van der Waals surface area contributed by atoms with Gasteiger partial charge in [-0.15, -0.1) is 5.10 Å². The number of hydrazine groups is 1. The van der Waals surface area contributed by atoms with Gasteiger partial charge in [0.05, 0.1) is 19.3 Å². The second-order valence-corrected chi connectivity index (χ2v) is 4.50. The quantitative estimate of drug-likeness (QED) is 0.350. The zero-order chi connectivity index (χ0) is 15.1. The van der Waals surface area contributed by atoms with E-state index in [4.69, 9.17) is 5.84 Å². The van der Waals surface area contributed by atoms with Crippen molar-refractivity contribution in [1.82, 2.24) is 30.2 Å². The van der Waals surface area contributed by atoms with Crippen molar-refractivity contribution in [2.24, 2.45) is 5.84 Å². The number of hydrogen-bond acceptors (Lipinski definition) is 6. The van der Waals surface area contributed by atoms with Crippen molar-refractivity contribution in [2.75, 3.05) is 33.7 Å². The lowest BCUT2D eigenvalue weighted by Gasteiger charge is -2.21. The molecule has 0 fully saturated rings. The first-order chi connectivity index (χ1) is 9.47. The number of hydrogen-bond donors (Lipinski definition) is 2. The maximum absolute atomic E-state index is 11.6. The van der Waals surface area contributed by atoms with Crippen LogP contribution in [0, 0.1) is 0 Å². The SMILES string of the molecule is CCN(CCn1cc(C(=O)NN)nn1)CC(=O)N(C)C. The van der Waals surface area contributed by atoms with Gasteiger partial charge in [-0.2, -0.15) is 0 Å². The van der Waals surface area contributed by atoms with E-state index >= 15 is 0 Å². The third kappa shape index (κ3) is 4.59. The molecular weight excluding hydrogens is 262 g/mol. The molecule has 9 heteroatoms. The summed E-state index contributed by atoms with van der Waals surface area (Å²) in [6.45, 7) is 4.28. The summed E-state index contributed by atoms with van der Waals surface area (Å²) in [5, 5.41) is 7.54. The standard InChI is InChI=1S/C11H21N7O2/c1-4-17(8-10(19)16(2)3)5-6-18-7-9(14-15-18)11(20)13-12/h7H,4-6,8,12H2,1-3H3,(H,13,20). The third-order valence-corrected chi connectivity index (χ3v) is 2.85. The first-order valence-electron chi connectivity index (χ1n) is 6.31. The highest BCUT2D eigenvalue weighted by atomic mass is 16.2. The molecule has 1 aromatic rings. The van der Waals surface area contributed by atoms with E-state index in [2.05, 4.69) is 10.3 Å². The van der Waals surface area contributed by atoms with Crippen LogP contribution in [0.1, 0.15) is 17.4 Å². The molecule has 0 saturated heterocycles. The fraction of sp³-hybridized carbons (Fsp3) is 0.636. The van der Waals surface area contributed by atoms with Crippen molar-refractivity contribution in [1.29, 1.82) is 0 Å². The van der Waals surface area contributed by atoms with Crippen LogP contribution < -0.4 is 11.3 Å². The number of carbonyl (C=O) groups excluding carboxylic acids is 2. The minimum atomic E-state index is -0.480. The lowest BCUT2D eigenvalue weighted by Crippen LogP contribution is -2.38. The summed E-state index contributed by atoms with van der Waals surface area (Å²) in [5.74, 6) is 4.58. The maximum atomic E-state index is 11.6. The summed E-state index contributed by atoms with van der Waals surface area (Å²) in [6, 6.07) is 0. The Morgan fingerprint density at radius 1 is 1.45 bits per heavy atom. The van der Waals surface area contributed by atoms with E-state index in [1.807, 2.05) is 17.2 Å². The van der Waals surface area contributed by atoms with E-state index < -0.39 is 5.91 Å². The van der Waals surface area contributed by atoms with Crippen LogP contribution in [-0.2, 0) is 11.3 Å². The maximum Gasteiger partial charge on any atom is 0.287 e. The first-order valence-corrected chi connectivity index (χ1v) is 6.31. The number of rotatable bonds is 7. The first kappa shape index (κ1) is 16.1. The van der Waals surface area contributed by atoms with Crippen LogP contribution in [-0.4, -0.2) is 70.3 Å². The number of likely N-dealkylation sites (N-methyl/N-ethyl adjacent to an activating group) is 2. The minimum Gasteiger partial charge on any atom is -0.348 e. The van der Waals surface area contributed by atoms with Gasteiger partial charge in [-0.25, -0.2) is 5.84 Å². The van der Waals surface area contributed by atoms with Gasteiger partial charge in [0.2, 0.25) is 5.91 Å². The Morgan fingerprint density at radius 3 is 2.70 bits per heavy atom.